The largest absolute Gasteiger partial charge is 0.465 e. The van der Waals surface area contributed by atoms with Gasteiger partial charge in [-0.15, -0.1) is 0 Å². The smallest absolute Gasteiger partial charge is 0.404 e. The highest BCUT2D eigenvalue weighted by Crippen LogP contribution is 2.01. The summed E-state index contributed by atoms with van der Waals surface area (Å²) >= 11 is 0. The van der Waals surface area contributed by atoms with Crippen molar-refractivity contribution in [1.82, 2.24) is 5.32 Å². The fraction of sp³-hybridized carbons (Fsp3) is 0.222. The van der Waals surface area contributed by atoms with Crippen molar-refractivity contribution in [2.45, 2.75) is 13.5 Å². The van der Waals surface area contributed by atoms with Crippen molar-refractivity contribution in [2.24, 2.45) is 0 Å². The maximum Gasteiger partial charge on any atom is 0.404 e. The summed E-state index contributed by atoms with van der Waals surface area (Å²) in [4.78, 5) is 10.1. The second-order valence-corrected chi connectivity index (χ2v) is 2.64. The zero-order valence-electron chi connectivity index (χ0n) is 6.87. The van der Waals surface area contributed by atoms with Crippen molar-refractivity contribution in [1.29, 1.82) is 0 Å². The van der Waals surface area contributed by atoms with Gasteiger partial charge < -0.3 is 10.4 Å². The Bertz CT molecular complexity index is 266. The third-order valence-corrected chi connectivity index (χ3v) is 1.56. The van der Waals surface area contributed by atoms with Crippen molar-refractivity contribution in [2.75, 3.05) is 0 Å². The number of aryl methyl sites for hydroxylation is 1. The third kappa shape index (κ3) is 2.62. The van der Waals surface area contributed by atoms with Gasteiger partial charge in [0.15, 0.2) is 0 Å². The van der Waals surface area contributed by atoms with E-state index in [9.17, 15) is 4.79 Å². The van der Waals surface area contributed by atoms with E-state index >= 15 is 0 Å². The average Bonchev–Trinajstić information content (AvgIpc) is 2.03. The molecule has 0 atom stereocenters. The fourth-order valence-corrected chi connectivity index (χ4v) is 0.884. The van der Waals surface area contributed by atoms with E-state index in [1.807, 2.05) is 31.2 Å². The van der Waals surface area contributed by atoms with E-state index in [1.165, 1.54) is 5.56 Å². The highest BCUT2D eigenvalue weighted by atomic mass is 16.4. The molecule has 12 heavy (non-hydrogen) atoms. The van der Waals surface area contributed by atoms with Crippen LogP contribution in [0.5, 0.6) is 0 Å². The number of benzene rings is 1. The van der Waals surface area contributed by atoms with Gasteiger partial charge in [-0.2, -0.15) is 0 Å². The van der Waals surface area contributed by atoms with E-state index in [1.54, 1.807) is 0 Å². The lowest BCUT2D eigenvalue weighted by atomic mass is 10.1. The van der Waals surface area contributed by atoms with Gasteiger partial charge in [0.1, 0.15) is 0 Å². The second kappa shape index (κ2) is 3.76. The summed E-state index contributed by atoms with van der Waals surface area (Å²) in [5.41, 5.74) is 2.15. The minimum absolute atomic E-state index is 0.371. The molecule has 0 radical (unpaired) electrons. The maximum absolute atomic E-state index is 10.1. The number of amides is 1. The van der Waals surface area contributed by atoms with E-state index in [-0.39, 0.29) is 0 Å². The first kappa shape index (κ1) is 8.59. The van der Waals surface area contributed by atoms with Crippen molar-refractivity contribution in [3.8, 4) is 0 Å². The predicted molar refractivity (Wildman–Crippen MR) is 46.0 cm³/mol. The number of nitrogens with one attached hydrogen (secondary N) is 1. The zero-order valence-corrected chi connectivity index (χ0v) is 6.87. The summed E-state index contributed by atoms with van der Waals surface area (Å²) in [5, 5.41) is 10.6. The van der Waals surface area contributed by atoms with Crippen LogP contribution in [-0.2, 0) is 6.54 Å². The van der Waals surface area contributed by atoms with Crippen LogP contribution >= 0.6 is 0 Å². The summed E-state index contributed by atoms with van der Waals surface area (Å²) < 4.78 is 0. The van der Waals surface area contributed by atoms with Crippen LogP contribution in [0.2, 0.25) is 0 Å². The molecular formula is C9H11NO2. The van der Waals surface area contributed by atoms with Gasteiger partial charge in [0.25, 0.3) is 0 Å². The summed E-state index contributed by atoms with van der Waals surface area (Å²) in [7, 11) is 0. The molecule has 2 N–H and O–H groups in total. The quantitative estimate of drug-likeness (QED) is 0.701. The molecule has 1 aromatic rings. The van der Waals surface area contributed by atoms with Crippen LogP contribution < -0.4 is 5.32 Å². The Morgan fingerprint density at radius 1 is 1.42 bits per heavy atom. The van der Waals surface area contributed by atoms with Gasteiger partial charge in [-0.05, 0) is 12.5 Å². The molecule has 0 fully saturated rings. The van der Waals surface area contributed by atoms with Crippen LogP contribution in [0.25, 0.3) is 0 Å². The highest BCUT2D eigenvalue weighted by Gasteiger charge is 1.94. The minimum Gasteiger partial charge on any atom is -0.465 e. The lowest BCUT2D eigenvalue weighted by Crippen LogP contribution is -2.19. The standard InChI is InChI=1S/C9H11NO2/c1-7-2-4-8(5-3-7)6-10-9(11)12/h2-5,10H,6H2,1H3,(H,11,12). The Morgan fingerprint density at radius 2 is 2.00 bits per heavy atom. The summed E-state index contributed by atoms with van der Waals surface area (Å²) in [6.45, 7) is 2.37. The van der Waals surface area contributed by atoms with Gasteiger partial charge in [-0.1, -0.05) is 29.8 Å². The van der Waals surface area contributed by atoms with Crippen LogP contribution in [0, 0.1) is 6.92 Å². The highest BCUT2D eigenvalue weighted by molar-refractivity contribution is 5.64. The summed E-state index contributed by atoms with van der Waals surface area (Å²) in [5.74, 6) is 0. The summed E-state index contributed by atoms with van der Waals surface area (Å²) in [6, 6.07) is 7.73. The number of carboxylic acid groups (broad SMARTS) is 1. The molecule has 0 aromatic heterocycles. The van der Waals surface area contributed by atoms with E-state index < -0.39 is 6.09 Å². The molecule has 3 heteroatoms. The molecule has 0 aliphatic rings. The van der Waals surface area contributed by atoms with Crippen molar-refractivity contribution < 1.29 is 9.90 Å². The van der Waals surface area contributed by atoms with E-state index in [4.69, 9.17) is 5.11 Å². The first-order valence-electron chi connectivity index (χ1n) is 3.71. The molecule has 0 spiro atoms. The Hall–Kier alpha value is -1.51. The molecule has 64 valence electrons. The Labute approximate surface area is 71.0 Å². The van der Waals surface area contributed by atoms with E-state index in [0.717, 1.165) is 5.56 Å². The molecule has 0 saturated carbocycles. The number of carbonyl (C=O) groups is 1. The second-order valence-electron chi connectivity index (χ2n) is 2.64. The molecule has 0 aliphatic carbocycles. The van der Waals surface area contributed by atoms with Crippen LogP contribution in [0.1, 0.15) is 11.1 Å². The topological polar surface area (TPSA) is 49.3 Å². The normalized spacial score (nSPS) is 9.42. The monoisotopic (exact) mass is 165 g/mol. The molecule has 1 rings (SSSR count). The SMILES string of the molecule is Cc1ccc(CNC(=O)O)cc1. The number of hydrogen-bond acceptors (Lipinski definition) is 1. The molecule has 0 unspecified atom stereocenters. The van der Waals surface area contributed by atoms with Gasteiger partial charge in [0, 0.05) is 6.54 Å². The van der Waals surface area contributed by atoms with Crippen LogP contribution in [0.3, 0.4) is 0 Å². The molecular weight excluding hydrogens is 154 g/mol. The Kier molecular flexibility index (Phi) is 2.69. The van der Waals surface area contributed by atoms with E-state index in [0.29, 0.717) is 6.54 Å². The van der Waals surface area contributed by atoms with E-state index in [2.05, 4.69) is 5.32 Å². The van der Waals surface area contributed by atoms with Crippen molar-refractivity contribution >= 4 is 6.09 Å². The molecule has 0 bridgehead atoms. The lowest BCUT2D eigenvalue weighted by molar-refractivity contribution is 0.194. The van der Waals surface area contributed by atoms with Gasteiger partial charge >= 0.3 is 6.09 Å². The molecule has 1 amide bonds. The molecule has 1 aromatic carbocycles. The molecule has 0 heterocycles. The molecule has 0 aliphatic heterocycles. The Morgan fingerprint density at radius 3 is 2.50 bits per heavy atom. The molecule has 3 nitrogen and oxygen atoms in total. The minimum atomic E-state index is -0.990. The average molecular weight is 165 g/mol. The van der Waals surface area contributed by atoms with Gasteiger partial charge in [-0.25, -0.2) is 4.79 Å². The lowest BCUT2D eigenvalue weighted by Gasteiger charge is -2.00. The van der Waals surface area contributed by atoms with Crippen molar-refractivity contribution in [3.05, 3.63) is 35.4 Å². The summed E-state index contributed by atoms with van der Waals surface area (Å²) in [6.07, 6.45) is -0.990. The zero-order chi connectivity index (χ0) is 8.97. The predicted octanol–water partition coefficient (Wildman–Crippen LogP) is 1.76. The third-order valence-electron chi connectivity index (χ3n) is 1.56. The van der Waals surface area contributed by atoms with Gasteiger partial charge in [0.2, 0.25) is 0 Å². The van der Waals surface area contributed by atoms with Gasteiger partial charge in [-0.3, -0.25) is 0 Å². The van der Waals surface area contributed by atoms with Gasteiger partial charge in [0.05, 0.1) is 0 Å². The number of rotatable bonds is 2. The first-order valence-corrected chi connectivity index (χ1v) is 3.71. The molecule has 0 saturated heterocycles. The van der Waals surface area contributed by atoms with Crippen LogP contribution in [-0.4, -0.2) is 11.2 Å². The number of hydrogen-bond donors (Lipinski definition) is 2. The maximum atomic E-state index is 10.1. The van der Waals surface area contributed by atoms with Crippen molar-refractivity contribution in [3.63, 3.8) is 0 Å². The first-order chi connectivity index (χ1) is 5.68. The Balaban J connectivity index is 2.53. The van der Waals surface area contributed by atoms with Crippen LogP contribution in [0.4, 0.5) is 4.79 Å². The van der Waals surface area contributed by atoms with Crippen LogP contribution in [0.15, 0.2) is 24.3 Å². The fourth-order valence-electron chi connectivity index (χ4n) is 0.884.